The summed E-state index contributed by atoms with van der Waals surface area (Å²) in [5.74, 6) is -0.250. The van der Waals surface area contributed by atoms with Crippen LogP contribution in [0.25, 0.3) is 5.65 Å². The molecule has 1 saturated heterocycles. The molecule has 0 radical (unpaired) electrons. The number of piperidine rings is 1. The number of rotatable bonds is 3. The fourth-order valence-electron chi connectivity index (χ4n) is 3.23. The van der Waals surface area contributed by atoms with Crippen molar-refractivity contribution in [2.24, 2.45) is 0 Å². The lowest BCUT2D eigenvalue weighted by Gasteiger charge is -2.32. The molecular formula is C16H21F3N4O2S. The predicted octanol–water partition coefficient (Wildman–Crippen LogP) is 2.97. The van der Waals surface area contributed by atoms with Crippen LogP contribution in [0.1, 0.15) is 49.7 Å². The van der Waals surface area contributed by atoms with Gasteiger partial charge in [-0.15, -0.1) is 0 Å². The summed E-state index contributed by atoms with van der Waals surface area (Å²) in [5, 5.41) is 3.58. The highest BCUT2D eigenvalue weighted by atomic mass is 32.2. The van der Waals surface area contributed by atoms with Gasteiger partial charge in [-0.2, -0.15) is 18.3 Å². The molecule has 0 saturated carbocycles. The van der Waals surface area contributed by atoms with Gasteiger partial charge in [-0.3, -0.25) is 0 Å². The number of fused-ring (bicyclic) bond motifs is 1. The van der Waals surface area contributed by atoms with Crippen molar-refractivity contribution in [2.45, 2.75) is 51.0 Å². The third-order valence-electron chi connectivity index (χ3n) is 4.62. The Morgan fingerprint density at radius 2 is 1.96 bits per heavy atom. The zero-order chi connectivity index (χ0) is 19.3. The maximum absolute atomic E-state index is 13.3. The second kappa shape index (κ2) is 6.49. The maximum Gasteiger partial charge on any atom is 0.433 e. The first kappa shape index (κ1) is 19.1. The first-order valence-electron chi connectivity index (χ1n) is 8.43. The van der Waals surface area contributed by atoms with Crippen molar-refractivity contribution < 1.29 is 21.6 Å². The second-order valence-electron chi connectivity index (χ2n) is 6.91. The molecule has 3 rings (SSSR count). The predicted molar refractivity (Wildman–Crippen MR) is 90.3 cm³/mol. The Morgan fingerprint density at radius 3 is 2.58 bits per heavy atom. The van der Waals surface area contributed by atoms with Gasteiger partial charge in [0.25, 0.3) is 0 Å². The molecule has 1 unspecified atom stereocenters. The number of nitrogens with zero attached hydrogens (tertiary/aromatic N) is 4. The molecule has 1 aliphatic heterocycles. The molecule has 10 heteroatoms. The van der Waals surface area contributed by atoms with Crippen LogP contribution in [-0.4, -0.2) is 45.7 Å². The zero-order valence-electron chi connectivity index (χ0n) is 14.8. The molecule has 2 aromatic heterocycles. The summed E-state index contributed by atoms with van der Waals surface area (Å²) in [6.45, 7) is 5.39. The smallest absolute Gasteiger partial charge is 0.234 e. The summed E-state index contributed by atoms with van der Waals surface area (Å²) >= 11 is 0. The molecule has 0 aromatic carbocycles. The van der Waals surface area contributed by atoms with Crippen LogP contribution in [0, 0.1) is 6.92 Å². The second-order valence-corrected chi connectivity index (χ2v) is 9.40. The summed E-state index contributed by atoms with van der Waals surface area (Å²) in [4.78, 5) is 4.13. The van der Waals surface area contributed by atoms with E-state index in [0.717, 1.165) is 10.6 Å². The van der Waals surface area contributed by atoms with E-state index in [0.29, 0.717) is 25.1 Å². The lowest BCUT2D eigenvalue weighted by Crippen LogP contribution is -2.42. The minimum absolute atomic E-state index is 0.121. The fourth-order valence-corrected chi connectivity index (χ4v) is 4.60. The number of hydrogen-bond donors (Lipinski definition) is 0. The highest BCUT2D eigenvalue weighted by molar-refractivity contribution is 7.89. The Kier molecular flexibility index (Phi) is 4.76. The van der Waals surface area contributed by atoms with E-state index in [-0.39, 0.29) is 23.8 Å². The lowest BCUT2D eigenvalue weighted by atomic mass is 9.96. The van der Waals surface area contributed by atoms with Crippen molar-refractivity contribution in [3.8, 4) is 0 Å². The largest absolute Gasteiger partial charge is 0.433 e. The summed E-state index contributed by atoms with van der Waals surface area (Å²) in [6.07, 6.45) is -3.23. The quantitative estimate of drug-likeness (QED) is 0.808. The SMILES string of the molecule is Cc1cc(C(F)(F)F)n2nc(C3CCCN(S(=O)(=O)C(C)C)C3)cc2n1. The van der Waals surface area contributed by atoms with Crippen LogP contribution in [0.3, 0.4) is 0 Å². The molecule has 1 aliphatic rings. The van der Waals surface area contributed by atoms with Gasteiger partial charge in [0.05, 0.1) is 10.9 Å². The van der Waals surface area contributed by atoms with Crippen molar-refractivity contribution in [3.63, 3.8) is 0 Å². The normalized spacial score (nSPS) is 20.2. The monoisotopic (exact) mass is 390 g/mol. The van der Waals surface area contributed by atoms with Crippen LogP contribution < -0.4 is 0 Å². The minimum atomic E-state index is -4.55. The topological polar surface area (TPSA) is 67.6 Å². The Balaban J connectivity index is 1.98. The van der Waals surface area contributed by atoms with Crippen molar-refractivity contribution in [3.05, 3.63) is 29.2 Å². The highest BCUT2D eigenvalue weighted by Crippen LogP contribution is 2.33. The summed E-state index contributed by atoms with van der Waals surface area (Å²) in [7, 11) is -3.41. The average molecular weight is 390 g/mol. The Bertz CT molecular complexity index is 921. The molecule has 0 N–H and O–H groups in total. The van der Waals surface area contributed by atoms with Crippen LogP contribution in [0.15, 0.2) is 12.1 Å². The van der Waals surface area contributed by atoms with Crippen LogP contribution in [0.5, 0.6) is 0 Å². The maximum atomic E-state index is 13.3. The average Bonchev–Trinajstić information content (AvgIpc) is 2.96. The van der Waals surface area contributed by atoms with E-state index in [1.165, 1.54) is 17.3 Å². The number of halogens is 3. The van der Waals surface area contributed by atoms with E-state index < -0.39 is 27.1 Å². The third-order valence-corrected chi connectivity index (χ3v) is 6.87. The molecular weight excluding hydrogens is 369 g/mol. The first-order chi connectivity index (χ1) is 12.0. The van der Waals surface area contributed by atoms with Gasteiger partial charge in [-0.1, -0.05) is 0 Å². The Morgan fingerprint density at radius 1 is 1.27 bits per heavy atom. The van der Waals surface area contributed by atoms with Crippen LogP contribution in [0.2, 0.25) is 0 Å². The standard InChI is InChI=1S/C16H21F3N4O2S/c1-10(2)26(24,25)22-6-4-5-12(9-22)13-8-15-20-11(3)7-14(16(17,18)19)23(15)21-13/h7-8,10,12H,4-6,9H2,1-3H3. The van der Waals surface area contributed by atoms with Crippen molar-refractivity contribution >= 4 is 15.7 Å². The van der Waals surface area contributed by atoms with Crippen molar-refractivity contribution in [2.75, 3.05) is 13.1 Å². The molecule has 0 spiro atoms. The van der Waals surface area contributed by atoms with Gasteiger partial charge in [-0.05, 0) is 39.7 Å². The number of alkyl halides is 3. The molecule has 0 amide bonds. The molecule has 26 heavy (non-hydrogen) atoms. The molecule has 0 bridgehead atoms. The number of hydrogen-bond acceptors (Lipinski definition) is 4. The Labute approximate surface area is 150 Å². The molecule has 3 heterocycles. The number of aromatic nitrogens is 3. The van der Waals surface area contributed by atoms with Crippen molar-refractivity contribution in [1.29, 1.82) is 0 Å². The van der Waals surface area contributed by atoms with E-state index in [1.807, 2.05) is 0 Å². The van der Waals surface area contributed by atoms with Gasteiger partial charge in [0, 0.05) is 30.8 Å². The molecule has 2 aromatic rings. The molecule has 0 aliphatic carbocycles. The van der Waals surface area contributed by atoms with Crippen LogP contribution >= 0.6 is 0 Å². The third kappa shape index (κ3) is 3.44. The van der Waals surface area contributed by atoms with E-state index in [9.17, 15) is 21.6 Å². The van der Waals surface area contributed by atoms with E-state index in [1.54, 1.807) is 13.8 Å². The lowest BCUT2D eigenvalue weighted by molar-refractivity contribution is -0.142. The van der Waals surface area contributed by atoms with Crippen LogP contribution in [-0.2, 0) is 16.2 Å². The van der Waals surface area contributed by atoms with E-state index in [4.69, 9.17) is 0 Å². The van der Waals surface area contributed by atoms with Gasteiger partial charge in [-0.25, -0.2) is 22.2 Å². The fraction of sp³-hybridized carbons (Fsp3) is 0.625. The molecule has 1 atom stereocenters. The summed E-state index contributed by atoms with van der Waals surface area (Å²) < 4.78 is 66.9. The van der Waals surface area contributed by atoms with Gasteiger partial charge < -0.3 is 0 Å². The minimum Gasteiger partial charge on any atom is -0.234 e. The zero-order valence-corrected chi connectivity index (χ0v) is 15.6. The molecule has 1 fully saturated rings. The first-order valence-corrected chi connectivity index (χ1v) is 9.94. The summed E-state index contributed by atoms with van der Waals surface area (Å²) in [6, 6.07) is 2.48. The van der Waals surface area contributed by atoms with Crippen LogP contribution in [0.4, 0.5) is 13.2 Å². The van der Waals surface area contributed by atoms with E-state index in [2.05, 4.69) is 10.1 Å². The summed E-state index contributed by atoms with van der Waals surface area (Å²) in [5.41, 5.74) is -0.0638. The molecule has 144 valence electrons. The van der Waals surface area contributed by atoms with Crippen molar-refractivity contribution in [1.82, 2.24) is 18.9 Å². The van der Waals surface area contributed by atoms with Gasteiger partial charge in [0.1, 0.15) is 5.69 Å². The van der Waals surface area contributed by atoms with E-state index >= 15 is 0 Å². The Hall–Kier alpha value is -1.68. The van der Waals surface area contributed by atoms with Gasteiger partial charge in [0.15, 0.2) is 5.65 Å². The molecule has 6 nitrogen and oxygen atoms in total. The van der Waals surface area contributed by atoms with Gasteiger partial charge >= 0.3 is 6.18 Å². The highest BCUT2D eigenvalue weighted by Gasteiger charge is 2.36. The number of sulfonamides is 1. The van der Waals surface area contributed by atoms with Gasteiger partial charge in [0.2, 0.25) is 10.0 Å². The number of aryl methyl sites for hydroxylation is 1.